The Labute approximate surface area is 61.1 Å². The summed E-state index contributed by atoms with van der Waals surface area (Å²) in [6.07, 6.45) is 0. The standard InChI is InChI=1S/2C2H3.2CH3.Ru/c2*1-2;;;/h2*1H,2H2;2*1H3;/q4*-1;+4. The molecule has 0 saturated heterocycles. The van der Waals surface area contributed by atoms with Crippen LogP contribution in [0.15, 0.2) is 13.2 Å². The van der Waals surface area contributed by atoms with Crippen molar-refractivity contribution in [3.8, 4) is 0 Å². The molecule has 0 atom stereocenters. The Morgan fingerprint density at radius 2 is 0.714 bits per heavy atom. The maximum atomic E-state index is 4.25. The Hall–Kier alpha value is 0.103. The summed E-state index contributed by atoms with van der Waals surface area (Å²) in [5.41, 5.74) is 0. The van der Waals surface area contributed by atoms with Crippen LogP contribution in [0, 0.1) is 28.0 Å². The molecule has 0 rings (SSSR count). The Morgan fingerprint density at radius 1 is 0.714 bits per heavy atom. The quantitative estimate of drug-likeness (QED) is 0.400. The first-order chi connectivity index (χ1) is 2.00. The molecular formula is C6H12Ru. The van der Waals surface area contributed by atoms with Crippen molar-refractivity contribution in [3.63, 3.8) is 0 Å². The fourth-order valence-corrected chi connectivity index (χ4v) is 0. The minimum absolute atomic E-state index is 0. The molecule has 1 heteroatoms. The van der Waals surface area contributed by atoms with Gasteiger partial charge in [-0.15, -0.1) is 0 Å². The van der Waals surface area contributed by atoms with Gasteiger partial charge in [-0.25, -0.2) is 0 Å². The van der Waals surface area contributed by atoms with Crippen molar-refractivity contribution < 1.29 is 19.5 Å². The fourth-order valence-electron chi connectivity index (χ4n) is 0. The molecule has 0 unspecified atom stereocenters. The number of rotatable bonds is 0. The van der Waals surface area contributed by atoms with Crippen molar-refractivity contribution in [2.24, 2.45) is 0 Å². The van der Waals surface area contributed by atoms with Gasteiger partial charge >= 0.3 is 19.5 Å². The van der Waals surface area contributed by atoms with E-state index in [-0.39, 0.29) is 34.3 Å². The zero-order chi connectivity index (χ0) is 4.00. The zero-order valence-corrected chi connectivity index (χ0v) is 6.66. The Bertz CT molecular complexity index is 6.14. The molecular weight excluding hydrogens is 173 g/mol. The molecule has 0 aliphatic carbocycles. The summed E-state index contributed by atoms with van der Waals surface area (Å²) in [7, 11) is 0. The molecule has 0 aliphatic rings. The van der Waals surface area contributed by atoms with Gasteiger partial charge in [-0.1, -0.05) is 0 Å². The van der Waals surface area contributed by atoms with Gasteiger partial charge in [-0.05, 0) is 0 Å². The summed E-state index contributed by atoms with van der Waals surface area (Å²) < 4.78 is 0. The predicted molar refractivity (Wildman–Crippen MR) is 32.7 cm³/mol. The van der Waals surface area contributed by atoms with Gasteiger partial charge in [0.15, 0.2) is 0 Å². The van der Waals surface area contributed by atoms with Crippen molar-refractivity contribution in [2.45, 2.75) is 0 Å². The van der Waals surface area contributed by atoms with E-state index >= 15 is 0 Å². The Balaban J connectivity index is -0.00000000267. The molecule has 0 saturated carbocycles. The third-order valence-corrected chi connectivity index (χ3v) is 0. The van der Waals surface area contributed by atoms with E-state index < -0.39 is 0 Å². The third kappa shape index (κ3) is 9620. The molecule has 0 bridgehead atoms. The number of hydrogen-bond acceptors (Lipinski definition) is 0. The Kier molecular flexibility index (Phi) is 127000. The van der Waals surface area contributed by atoms with E-state index in [9.17, 15) is 0 Å². The molecule has 0 N–H and O–H groups in total. The van der Waals surface area contributed by atoms with Crippen molar-refractivity contribution in [1.29, 1.82) is 0 Å². The zero-order valence-electron chi connectivity index (χ0n) is 4.92. The first kappa shape index (κ1) is 59.8. The maximum absolute atomic E-state index is 4.25. The Morgan fingerprint density at radius 3 is 0.714 bits per heavy atom. The molecule has 0 nitrogen and oxygen atoms in total. The van der Waals surface area contributed by atoms with Gasteiger partial charge in [-0.3, -0.25) is 13.2 Å². The summed E-state index contributed by atoms with van der Waals surface area (Å²) in [5, 5.41) is 0. The van der Waals surface area contributed by atoms with Crippen LogP contribution in [0.25, 0.3) is 0 Å². The van der Waals surface area contributed by atoms with Crippen LogP contribution in [-0.2, 0) is 19.5 Å². The van der Waals surface area contributed by atoms with Crippen LogP contribution < -0.4 is 0 Å². The molecule has 0 aromatic rings. The predicted octanol–water partition coefficient (Wildman–Crippen LogP) is 2.11. The average Bonchev–Trinajstić information content (AvgIpc) is 1.50. The van der Waals surface area contributed by atoms with Crippen LogP contribution in [0.5, 0.6) is 0 Å². The van der Waals surface area contributed by atoms with E-state index in [1.54, 1.807) is 0 Å². The molecule has 0 radical (unpaired) electrons. The second-order valence-electron chi connectivity index (χ2n) is 0. The summed E-state index contributed by atoms with van der Waals surface area (Å²) >= 11 is 0. The van der Waals surface area contributed by atoms with Gasteiger partial charge in [0.05, 0.1) is 0 Å². The van der Waals surface area contributed by atoms with Crippen LogP contribution in [0.3, 0.4) is 0 Å². The molecule has 7 heavy (non-hydrogen) atoms. The van der Waals surface area contributed by atoms with Crippen LogP contribution in [-0.4, -0.2) is 0 Å². The van der Waals surface area contributed by atoms with Crippen LogP contribution in [0.1, 0.15) is 0 Å². The monoisotopic (exact) mass is 186 g/mol. The van der Waals surface area contributed by atoms with E-state index in [0.717, 1.165) is 0 Å². The van der Waals surface area contributed by atoms with Crippen molar-refractivity contribution in [3.05, 3.63) is 41.2 Å². The molecule has 44 valence electrons. The first-order valence-electron chi connectivity index (χ1n) is 0.816. The minimum atomic E-state index is 0. The normalized spacial score (nSPS) is 1.14. The number of hydrogen-bond donors (Lipinski definition) is 0. The first-order valence-corrected chi connectivity index (χ1v) is 0.816. The fraction of sp³-hybridized carbons (Fsp3) is 0. The van der Waals surface area contributed by atoms with Gasteiger partial charge in [0, 0.05) is 0 Å². The second-order valence-corrected chi connectivity index (χ2v) is 0. The van der Waals surface area contributed by atoms with Gasteiger partial charge in [0.1, 0.15) is 0 Å². The van der Waals surface area contributed by atoms with Crippen molar-refractivity contribution >= 4 is 0 Å². The van der Waals surface area contributed by atoms with Gasteiger partial charge in [0.2, 0.25) is 0 Å². The van der Waals surface area contributed by atoms with E-state index in [1.165, 1.54) is 0 Å². The van der Waals surface area contributed by atoms with Gasteiger partial charge in [0.25, 0.3) is 0 Å². The van der Waals surface area contributed by atoms with Crippen molar-refractivity contribution in [1.82, 2.24) is 0 Å². The molecule has 0 spiro atoms. The molecule has 0 heterocycles. The minimum Gasteiger partial charge on any atom is -0.521 e. The molecule has 0 amide bonds. The van der Waals surface area contributed by atoms with E-state index in [2.05, 4.69) is 26.3 Å². The second kappa shape index (κ2) is 14900. The molecule has 0 aromatic carbocycles. The summed E-state index contributed by atoms with van der Waals surface area (Å²) in [4.78, 5) is 0. The van der Waals surface area contributed by atoms with Gasteiger partial charge < -0.3 is 28.0 Å². The van der Waals surface area contributed by atoms with E-state index in [1.807, 2.05) is 0 Å². The topological polar surface area (TPSA) is 0 Å². The molecule has 0 aliphatic heterocycles. The van der Waals surface area contributed by atoms with Gasteiger partial charge in [-0.2, -0.15) is 0 Å². The maximum Gasteiger partial charge on any atom is 4.00 e. The van der Waals surface area contributed by atoms with Crippen LogP contribution in [0.2, 0.25) is 0 Å². The smallest absolute Gasteiger partial charge is 0.521 e. The SMILES string of the molecule is [CH-]=C.[CH-]=C.[CH3-].[CH3-].[Ru+4]. The summed E-state index contributed by atoms with van der Waals surface area (Å²) in [6.45, 7) is 14.0. The largest absolute Gasteiger partial charge is 4.00 e. The third-order valence-electron chi connectivity index (χ3n) is 0. The van der Waals surface area contributed by atoms with Crippen LogP contribution in [0.4, 0.5) is 0 Å². The average molecular weight is 185 g/mol. The molecule has 0 fully saturated rings. The van der Waals surface area contributed by atoms with Crippen molar-refractivity contribution in [2.75, 3.05) is 0 Å². The molecule has 0 aromatic heterocycles. The van der Waals surface area contributed by atoms with Crippen LogP contribution >= 0.6 is 0 Å². The van der Waals surface area contributed by atoms with E-state index in [0.29, 0.717) is 0 Å². The summed E-state index contributed by atoms with van der Waals surface area (Å²) in [6, 6.07) is 0. The van der Waals surface area contributed by atoms with E-state index in [4.69, 9.17) is 0 Å². The summed E-state index contributed by atoms with van der Waals surface area (Å²) in [5.74, 6) is 0.